The SMILES string of the molecule is CCCOC(=O)c1cccc(N2C(=O)C(=O)/C(=C(/O)c3cc(Cl)ccc3OC)C2c2ccccn2)c1. The highest BCUT2D eigenvalue weighted by atomic mass is 35.5. The average Bonchev–Trinajstić information content (AvgIpc) is 3.17. The Hall–Kier alpha value is -4.17. The van der Waals surface area contributed by atoms with Crippen LogP contribution in [0.5, 0.6) is 5.75 Å². The number of hydrogen-bond donors (Lipinski definition) is 1. The second kappa shape index (κ2) is 10.6. The van der Waals surface area contributed by atoms with Crippen molar-refractivity contribution in [3.63, 3.8) is 0 Å². The number of pyridine rings is 1. The number of benzene rings is 2. The summed E-state index contributed by atoms with van der Waals surface area (Å²) < 4.78 is 10.6. The average molecular weight is 507 g/mol. The number of Topliss-reactive ketones (excluding diaryl/α,β-unsaturated/α-hetero) is 1. The van der Waals surface area contributed by atoms with Gasteiger partial charge >= 0.3 is 5.97 Å². The third kappa shape index (κ3) is 4.67. The van der Waals surface area contributed by atoms with Crippen molar-refractivity contribution in [3.8, 4) is 5.75 Å². The largest absolute Gasteiger partial charge is 0.507 e. The Bertz CT molecular complexity index is 1360. The van der Waals surface area contributed by atoms with Gasteiger partial charge in [-0.15, -0.1) is 0 Å². The van der Waals surface area contributed by atoms with Gasteiger partial charge in [0, 0.05) is 16.9 Å². The number of methoxy groups -OCH3 is 1. The highest BCUT2D eigenvalue weighted by Crippen LogP contribution is 2.43. The quantitative estimate of drug-likeness (QED) is 0.209. The van der Waals surface area contributed by atoms with Crippen molar-refractivity contribution in [2.45, 2.75) is 19.4 Å². The number of aliphatic hydroxyl groups is 1. The van der Waals surface area contributed by atoms with Crippen molar-refractivity contribution in [1.29, 1.82) is 0 Å². The van der Waals surface area contributed by atoms with Crippen LogP contribution in [0.3, 0.4) is 0 Å². The van der Waals surface area contributed by atoms with Crippen molar-refractivity contribution in [2.75, 3.05) is 18.6 Å². The van der Waals surface area contributed by atoms with Gasteiger partial charge in [0.25, 0.3) is 11.7 Å². The lowest BCUT2D eigenvalue weighted by atomic mass is 9.97. The topological polar surface area (TPSA) is 106 Å². The van der Waals surface area contributed by atoms with Crippen molar-refractivity contribution in [3.05, 3.63) is 94.3 Å². The number of carbonyl (C=O) groups excluding carboxylic acids is 3. The lowest BCUT2D eigenvalue weighted by Gasteiger charge is -2.25. The molecule has 1 saturated heterocycles. The molecular formula is C27H23ClN2O6. The first kappa shape index (κ1) is 24.9. The van der Waals surface area contributed by atoms with Gasteiger partial charge in [-0.2, -0.15) is 0 Å². The van der Waals surface area contributed by atoms with Gasteiger partial charge in [0.15, 0.2) is 0 Å². The molecule has 2 aromatic carbocycles. The Balaban J connectivity index is 1.90. The zero-order chi connectivity index (χ0) is 25.8. The van der Waals surface area contributed by atoms with Crippen LogP contribution in [0.15, 0.2) is 72.4 Å². The number of nitrogens with zero attached hydrogens (tertiary/aromatic N) is 2. The number of esters is 1. The Labute approximate surface area is 212 Å². The Morgan fingerprint density at radius 1 is 1.11 bits per heavy atom. The van der Waals surface area contributed by atoms with Crippen molar-refractivity contribution >= 4 is 40.7 Å². The van der Waals surface area contributed by atoms with Gasteiger partial charge in [-0.25, -0.2) is 4.79 Å². The summed E-state index contributed by atoms with van der Waals surface area (Å²) in [5.74, 6) is -2.53. The van der Waals surface area contributed by atoms with E-state index in [1.165, 1.54) is 30.3 Å². The first-order valence-corrected chi connectivity index (χ1v) is 11.6. The molecule has 0 radical (unpaired) electrons. The minimum Gasteiger partial charge on any atom is -0.507 e. The maximum Gasteiger partial charge on any atom is 0.338 e. The summed E-state index contributed by atoms with van der Waals surface area (Å²) in [5.41, 5.74) is 0.812. The molecule has 1 N–H and O–H groups in total. The molecule has 1 aliphatic rings. The summed E-state index contributed by atoms with van der Waals surface area (Å²) in [6, 6.07) is 14.8. The Kier molecular flexibility index (Phi) is 7.36. The number of amides is 1. The van der Waals surface area contributed by atoms with Crippen LogP contribution in [0, 0.1) is 0 Å². The van der Waals surface area contributed by atoms with E-state index >= 15 is 0 Å². The standard InChI is InChI=1S/C27H23ClN2O6/c1-3-13-36-27(34)16-7-6-8-18(14-16)30-23(20-9-4-5-12-29-20)22(25(32)26(30)33)24(31)19-15-17(28)10-11-21(19)35-2/h4-12,14-15,23,31H,3,13H2,1-2H3/b24-22+. The zero-order valence-corrected chi connectivity index (χ0v) is 20.4. The van der Waals surface area contributed by atoms with Crippen LogP contribution < -0.4 is 9.64 Å². The van der Waals surface area contributed by atoms with E-state index in [1.807, 2.05) is 6.92 Å². The van der Waals surface area contributed by atoms with E-state index in [4.69, 9.17) is 21.1 Å². The summed E-state index contributed by atoms with van der Waals surface area (Å²) >= 11 is 6.14. The fraction of sp³-hybridized carbons (Fsp3) is 0.185. The molecule has 0 saturated carbocycles. The smallest absolute Gasteiger partial charge is 0.338 e. The van der Waals surface area contributed by atoms with Gasteiger partial charge in [-0.3, -0.25) is 19.5 Å². The van der Waals surface area contributed by atoms with Gasteiger partial charge in [-0.05, 0) is 55.0 Å². The van der Waals surface area contributed by atoms with E-state index in [0.29, 0.717) is 17.1 Å². The number of ketones is 1. The maximum absolute atomic E-state index is 13.3. The number of halogens is 1. The van der Waals surface area contributed by atoms with Crippen molar-refractivity contribution in [2.24, 2.45) is 0 Å². The lowest BCUT2D eigenvalue weighted by molar-refractivity contribution is -0.132. The van der Waals surface area contributed by atoms with Crippen LogP contribution in [0.4, 0.5) is 5.69 Å². The maximum atomic E-state index is 13.3. The molecular weight excluding hydrogens is 484 g/mol. The second-order valence-corrected chi connectivity index (χ2v) is 8.39. The van der Waals surface area contributed by atoms with E-state index in [9.17, 15) is 19.5 Å². The minimum absolute atomic E-state index is 0.154. The number of hydrogen-bond acceptors (Lipinski definition) is 7. The lowest BCUT2D eigenvalue weighted by Crippen LogP contribution is -2.30. The Morgan fingerprint density at radius 2 is 1.92 bits per heavy atom. The molecule has 1 aromatic heterocycles. The van der Waals surface area contributed by atoms with Crippen molar-refractivity contribution in [1.82, 2.24) is 4.98 Å². The Morgan fingerprint density at radius 3 is 2.61 bits per heavy atom. The highest BCUT2D eigenvalue weighted by Gasteiger charge is 2.48. The highest BCUT2D eigenvalue weighted by molar-refractivity contribution is 6.51. The molecule has 3 aromatic rings. The molecule has 1 aliphatic heterocycles. The van der Waals surface area contributed by atoms with Crippen molar-refractivity contribution < 1.29 is 29.0 Å². The second-order valence-electron chi connectivity index (χ2n) is 7.95. The minimum atomic E-state index is -1.07. The van der Waals surface area contributed by atoms with Crippen LogP contribution >= 0.6 is 11.6 Å². The molecule has 1 amide bonds. The number of carbonyl (C=O) groups is 3. The van der Waals surface area contributed by atoms with E-state index in [1.54, 1.807) is 48.5 Å². The van der Waals surface area contributed by atoms with E-state index in [-0.39, 0.29) is 34.7 Å². The zero-order valence-electron chi connectivity index (χ0n) is 19.6. The molecule has 4 rings (SSSR count). The van der Waals surface area contributed by atoms with Crippen LogP contribution in [0.1, 0.15) is 41.0 Å². The van der Waals surface area contributed by atoms with Gasteiger partial charge in [0.05, 0.1) is 36.1 Å². The normalized spacial score (nSPS) is 16.8. The van der Waals surface area contributed by atoms with Gasteiger partial charge in [0.2, 0.25) is 0 Å². The number of ether oxygens (including phenoxy) is 2. The fourth-order valence-electron chi connectivity index (χ4n) is 3.99. The first-order chi connectivity index (χ1) is 17.4. The predicted molar refractivity (Wildman–Crippen MR) is 134 cm³/mol. The first-order valence-electron chi connectivity index (χ1n) is 11.2. The van der Waals surface area contributed by atoms with Crippen LogP contribution in [-0.4, -0.2) is 41.5 Å². The molecule has 36 heavy (non-hydrogen) atoms. The van der Waals surface area contributed by atoms with E-state index < -0.39 is 29.5 Å². The summed E-state index contributed by atoms with van der Waals surface area (Å²) in [4.78, 5) is 44.7. The molecule has 1 atom stereocenters. The fourth-order valence-corrected chi connectivity index (χ4v) is 4.16. The number of aromatic nitrogens is 1. The third-order valence-electron chi connectivity index (χ3n) is 5.63. The summed E-state index contributed by atoms with van der Waals surface area (Å²) in [6.07, 6.45) is 2.18. The number of aliphatic hydroxyl groups excluding tert-OH is 1. The van der Waals surface area contributed by atoms with Gasteiger partial charge in [-0.1, -0.05) is 30.7 Å². The summed E-state index contributed by atoms with van der Waals surface area (Å²) in [6.45, 7) is 2.13. The molecule has 8 nitrogen and oxygen atoms in total. The van der Waals surface area contributed by atoms with Gasteiger partial charge in [0.1, 0.15) is 17.6 Å². The van der Waals surface area contributed by atoms with Crippen LogP contribution in [-0.2, 0) is 14.3 Å². The molecule has 2 heterocycles. The molecule has 184 valence electrons. The number of rotatable bonds is 7. The third-order valence-corrected chi connectivity index (χ3v) is 5.86. The molecule has 0 spiro atoms. The molecule has 0 aliphatic carbocycles. The predicted octanol–water partition coefficient (Wildman–Crippen LogP) is 4.94. The van der Waals surface area contributed by atoms with Crippen LogP contribution in [0.25, 0.3) is 5.76 Å². The van der Waals surface area contributed by atoms with E-state index in [0.717, 1.165) is 0 Å². The molecule has 0 bridgehead atoms. The van der Waals surface area contributed by atoms with Crippen LogP contribution in [0.2, 0.25) is 5.02 Å². The van der Waals surface area contributed by atoms with Gasteiger partial charge < -0.3 is 14.6 Å². The summed E-state index contributed by atoms with van der Waals surface area (Å²) in [7, 11) is 1.41. The molecule has 1 unspecified atom stereocenters. The summed E-state index contributed by atoms with van der Waals surface area (Å²) in [5, 5.41) is 11.6. The monoisotopic (exact) mass is 506 g/mol. The van der Waals surface area contributed by atoms with E-state index in [2.05, 4.69) is 4.98 Å². The molecule has 1 fully saturated rings. The number of anilines is 1. The molecule has 9 heteroatoms.